The van der Waals surface area contributed by atoms with Crippen LogP contribution in [0.25, 0.3) is 0 Å². The molecule has 0 aromatic heterocycles. The van der Waals surface area contributed by atoms with E-state index >= 15 is 0 Å². The molecular weight excluding hydrogens is 275 g/mol. The summed E-state index contributed by atoms with van der Waals surface area (Å²) in [5.41, 5.74) is 2.19. The third kappa shape index (κ3) is 3.69. The fourth-order valence-electron chi connectivity index (χ4n) is 1.42. The zero-order valence-electron chi connectivity index (χ0n) is 9.15. The molecule has 0 aliphatic carbocycles. The average molecular weight is 292 g/mol. The number of ether oxygens (including phenoxy) is 1. The Morgan fingerprint density at radius 1 is 1.40 bits per heavy atom. The third-order valence-corrected chi connectivity index (χ3v) is 2.95. The van der Waals surface area contributed by atoms with E-state index in [-0.39, 0.29) is 0 Å². The van der Waals surface area contributed by atoms with Crippen LogP contribution in [0.1, 0.15) is 30.9 Å². The van der Waals surface area contributed by atoms with Gasteiger partial charge in [0, 0.05) is 10.0 Å². The van der Waals surface area contributed by atoms with Gasteiger partial charge in [-0.1, -0.05) is 29.3 Å². The predicted octanol–water partition coefficient (Wildman–Crippen LogP) is 4.68. The lowest BCUT2D eigenvalue weighted by atomic mass is 10.1. The van der Waals surface area contributed by atoms with Gasteiger partial charge in [-0.15, -0.1) is 11.6 Å². The van der Waals surface area contributed by atoms with Crippen LogP contribution in [-0.2, 0) is 5.88 Å². The molecule has 0 atom stereocenters. The van der Waals surface area contributed by atoms with E-state index in [2.05, 4.69) is 28.9 Å². The Morgan fingerprint density at radius 3 is 2.73 bits per heavy atom. The summed E-state index contributed by atoms with van der Waals surface area (Å²) in [6, 6.07) is 4.07. The Kier molecular flexibility index (Phi) is 5.48. The zero-order valence-corrected chi connectivity index (χ0v) is 11.5. The molecule has 0 amide bonds. The van der Waals surface area contributed by atoms with Crippen LogP contribution in [0.5, 0.6) is 5.75 Å². The number of hydrogen-bond acceptors (Lipinski definition) is 1. The number of unbranched alkanes of at least 4 members (excludes halogenated alkanes) is 1. The molecule has 1 rings (SSSR count). The Morgan fingerprint density at radius 2 is 2.13 bits per heavy atom. The van der Waals surface area contributed by atoms with Crippen LogP contribution in [0.2, 0.25) is 0 Å². The number of rotatable bonds is 5. The minimum absolute atomic E-state index is 0.488. The molecule has 1 aromatic carbocycles. The molecular formula is C12H16BrClO. The first-order valence-electron chi connectivity index (χ1n) is 5.16. The van der Waals surface area contributed by atoms with Crippen molar-refractivity contribution < 1.29 is 4.74 Å². The lowest BCUT2D eigenvalue weighted by Crippen LogP contribution is -2.01. The summed E-state index contributed by atoms with van der Waals surface area (Å²) in [6.45, 7) is 4.96. The minimum Gasteiger partial charge on any atom is -0.493 e. The molecule has 0 aliphatic rings. The fourth-order valence-corrected chi connectivity index (χ4v) is 2.24. The molecule has 3 heteroatoms. The van der Waals surface area contributed by atoms with Gasteiger partial charge >= 0.3 is 0 Å². The molecule has 0 spiro atoms. The van der Waals surface area contributed by atoms with Crippen molar-refractivity contribution in [1.82, 2.24) is 0 Å². The van der Waals surface area contributed by atoms with Crippen molar-refractivity contribution in [2.75, 3.05) is 6.61 Å². The van der Waals surface area contributed by atoms with Gasteiger partial charge in [-0.25, -0.2) is 0 Å². The van der Waals surface area contributed by atoms with Gasteiger partial charge in [-0.05, 0) is 31.0 Å². The van der Waals surface area contributed by atoms with Gasteiger partial charge in [0.2, 0.25) is 0 Å². The Balaban J connectivity index is 2.84. The maximum atomic E-state index is 5.89. The highest BCUT2D eigenvalue weighted by Gasteiger charge is 2.07. The molecule has 0 radical (unpaired) electrons. The van der Waals surface area contributed by atoms with Crippen LogP contribution in [0, 0.1) is 6.92 Å². The van der Waals surface area contributed by atoms with Gasteiger partial charge in [0.05, 0.1) is 12.5 Å². The first-order valence-corrected chi connectivity index (χ1v) is 6.49. The van der Waals surface area contributed by atoms with Crippen molar-refractivity contribution in [3.05, 3.63) is 27.7 Å². The van der Waals surface area contributed by atoms with Gasteiger partial charge in [0.25, 0.3) is 0 Å². The molecule has 0 heterocycles. The SMILES string of the molecule is CCCCOc1c(C)cc(Br)cc1CCl. The van der Waals surface area contributed by atoms with Crippen molar-refractivity contribution in [3.8, 4) is 5.75 Å². The van der Waals surface area contributed by atoms with Gasteiger partial charge in [0.1, 0.15) is 5.75 Å². The van der Waals surface area contributed by atoms with Crippen LogP contribution in [0.4, 0.5) is 0 Å². The Labute approximate surface area is 105 Å². The quantitative estimate of drug-likeness (QED) is 0.565. The average Bonchev–Trinajstić information content (AvgIpc) is 2.20. The molecule has 84 valence electrons. The number of hydrogen-bond donors (Lipinski definition) is 0. The molecule has 0 fully saturated rings. The van der Waals surface area contributed by atoms with Crippen molar-refractivity contribution in [3.63, 3.8) is 0 Å². The highest BCUT2D eigenvalue weighted by atomic mass is 79.9. The first kappa shape index (κ1) is 12.9. The summed E-state index contributed by atoms with van der Waals surface area (Å²) in [4.78, 5) is 0. The number of benzene rings is 1. The number of alkyl halides is 1. The Bertz CT molecular complexity index is 326. The molecule has 0 saturated heterocycles. The van der Waals surface area contributed by atoms with Crippen LogP contribution < -0.4 is 4.74 Å². The summed E-state index contributed by atoms with van der Waals surface area (Å²) >= 11 is 9.34. The maximum absolute atomic E-state index is 5.89. The van der Waals surface area contributed by atoms with Gasteiger partial charge in [-0.2, -0.15) is 0 Å². The van der Waals surface area contributed by atoms with Crippen LogP contribution in [0.3, 0.4) is 0 Å². The van der Waals surface area contributed by atoms with E-state index in [0.717, 1.165) is 40.8 Å². The smallest absolute Gasteiger partial charge is 0.126 e. The monoisotopic (exact) mass is 290 g/mol. The molecule has 0 N–H and O–H groups in total. The molecule has 0 saturated carbocycles. The maximum Gasteiger partial charge on any atom is 0.126 e. The normalized spacial score (nSPS) is 10.4. The van der Waals surface area contributed by atoms with Gasteiger partial charge < -0.3 is 4.74 Å². The van der Waals surface area contributed by atoms with Crippen LogP contribution in [0.15, 0.2) is 16.6 Å². The van der Waals surface area contributed by atoms with Crippen LogP contribution in [-0.4, -0.2) is 6.61 Å². The van der Waals surface area contributed by atoms with E-state index in [1.807, 2.05) is 13.0 Å². The first-order chi connectivity index (χ1) is 7.19. The van der Waals surface area contributed by atoms with Crippen molar-refractivity contribution in [2.24, 2.45) is 0 Å². The third-order valence-electron chi connectivity index (χ3n) is 2.20. The molecule has 15 heavy (non-hydrogen) atoms. The van der Waals surface area contributed by atoms with Crippen molar-refractivity contribution >= 4 is 27.5 Å². The molecule has 1 nitrogen and oxygen atoms in total. The number of halogens is 2. The van der Waals surface area contributed by atoms with Crippen molar-refractivity contribution in [1.29, 1.82) is 0 Å². The van der Waals surface area contributed by atoms with E-state index in [0.29, 0.717) is 5.88 Å². The van der Waals surface area contributed by atoms with E-state index in [4.69, 9.17) is 16.3 Å². The highest BCUT2D eigenvalue weighted by Crippen LogP contribution is 2.29. The topological polar surface area (TPSA) is 9.23 Å². The summed E-state index contributed by atoms with van der Waals surface area (Å²) in [5.74, 6) is 1.43. The fraction of sp³-hybridized carbons (Fsp3) is 0.500. The second kappa shape index (κ2) is 6.39. The summed E-state index contributed by atoms with van der Waals surface area (Å²) < 4.78 is 6.80. The van der Waals surface area contributed by atoms with E-state index in [9.17, 15) is 0 Å². The second-order valence-electron chi connectivity index (χ2n) is 3.55. The predicted molar refractivity (Wildman–Crippen MR) is 68.8 cm³/mol. The molecule has 0 unspecified atom stereocenters. The highest BCUT2D eigenvalue weighted by molar-refractivity contribution is 9.10. The van der Waals surface area contributed by atoms with Gasteiger partial charge in [-0.3, -0.25) is 0 Å². The zero-order chi connectivity index (χ0) is 11.3. The van der Waals surface area contributed by atoms with Crippen molar-refractivity contribution in [2.45, 2.75) is 32.6 Å². The molecule has 0 aliphatic heterocycles. The van der Waals surface area contributed by atoms with E-state index in [1.165, 1.54) is 0 Å². The lowest BCUT2D eigenvalue weighted by Gasteiger charge is -2.13. The molecule has 0 bridgehead atoms. The largest absolute Gasteiger partial charge is 0.493 e. The second-order valence-corrected chi connectivity index (χ2v) is 4.73. The summed E-state index contributed by atoms with van der Waals surface area (Å²) in [5, 5.41) is 0. The van der Waals surface area contributed by atoms with E-state index in [1.54, 1.807) is 0 Å². The molecule has 1 aromatic rings. The van der Waals surface area contributed by atoms with E-state index < -0.39 is 0 Å². The van der Waals surface area contributed by atoms with Crippen LogP contribution >= 0.6 is 27.5 Å². The minimum atomic E-state index is 0.488. The number of aryl methyl sites for hydroxylation is 1. The standard InChI is InChI=1S/C12H16BrClO/c1-3-4-5-15-12-9(2)6-11(13)7-10(12)8-14/h6-7H,3-5,8H2,1-2H3. The van der Waals surface area contributed by atoms with Gasteiger partial charge in [0.15, 0.2) is 0 Å². The summed E-state index contributed by atoms with van der Waals surface area (Å²) in [6.07, 6.45) is 2.23. The lowest BCUT2D eigenvalue weighted by molar-refractivity contribution is 0.305. The summed E-state index contributed by atoms with van der Waals surface area (Å²) in [7, 11) is 0. The Hall–Kier alpha value is -0.210.